The van der Waals surface area contributed by atoms with E-state index in [0.29, 0.717) is 17.0 Å². The van der Waals surface area contributed by atoms with Crippen LogP contribution in [0.3, 0.4) is 0 Å². The largest absolute Gasteiger partial charge is 0.367 e. The van der Waals surface area contributed by atoms with Crippen LogP contribution in [0.5, 0.6) is 0 Å². The number of hydrogen-bond acceptors (Lipinski definition) is 6. The molecule has 33 heavy (non-hydrogen) atoms. The van der Waals surface area contributed by atoms with Crippen molar-refractivity contribution in [1.29, 1.82) is 0 Å². The Labute approximate surface area is 191 Å². The van der Waals surface area contributed by atoms with Crippen LogP contribution < -0.4 is 5.73 Å². The first-order chi connectivity index (χ1) is 15.8. The lowest BCUT2D eigenvalue weighted by atomic mass is 9.95. The minimum Gasteiger partial charge on any atom is -0.367 e. The van der Waals surface area contributed by atoms with E-state index in [2.05, 4.69) is 39.0 Å². The Kier molecular flexibility index (Phi) is 6.83. The normalized spacial score (nSPS) is 14.9. The van der Waals surface area contributed by atoms with Crippen molar-refractivity contribution in [2.24, 2.45) is 0 Å². The quantitative estimate of drug-likeness (QED) is 0.496. The fourth-order valence-electron chi connectivity index (χ4n) is 4.39. The summed E-state index contributed by atoms with van der Waals surface area (Å²) in [5, 5.41) is 4.09. The third kappa shape index (κ3) is 5.11. The highest BCUT2D eigenvalue weighted by Crippen LogP contribution is 2.28. The van der Waals surface area contributed by atoms with E-state index in [9.17, 15) is 8.78 Å². The molecule has 5 rings (SSSR count). The lowest BCUT2D eigenvalue weighted by Crippen LogP contribution is -2.29. The van der Waals surface area contributed by atoms with Gasteiger partial charge in [0.25, 0.3) is 6.43 Å². The fourth-order valence-corrected chi connectivity index (χ4v) is 4.39. The maximum Gasteiger partial charge on any atom is 0.256 e. The van der Waals surface area contributed by atoms with Gasteiger partial charge in [-0.15, -0.1) is 5.10 Å². The number of nitrogen functional groups attached to an aromatic ring is 1. The third-order valence-electron chi connectivity index (χ3n) is 6.17. The Morgan fingerprint density at radius 3 is 2.55 bits per heavy atom. The molecule has 0 amide bonds. The Bertz CT molecular complexity index is 1220. The van der Waals surface area contributed by atoms with E-state index in [1.165, 1.54) is 36.7 Å². The molecule has 1 saturated carbocycles. The third-order valence-corrected chi connectivity index (χ3v) is 6.17. The zero-order chi connectivity index (χ0) is 23.5. The van der Waals surface area contributed by atoms with E-state index in [1.54, 1.807) is 36.1 Å². The molecule has 0 atom stereocenters. The molecule has 4 aromatic heterocycles. The monoisotopic (exact) mass is 456 g/mol. The average molecular weight is 457 g/mol. The van der Waals surface area contributed by atoms with Crippen LogP contribution in [0.2, 0.25) is 0 Å². The molecule has 0 unspecified atom stereocenters. The van der Waals surface area contributed by atoms with Gasteiger partial charge in [-0.3, -0.25) is 0 Å². The molecule has 4 aromatic rings. The molecule has 0 aliphatic heterocycles. The summed E-state index contributed by atoms with van der Waals surface area (Å²) in [7, 11) is 4.38. The summed E-state index contributed by atoms with van der Waals surface area (Å²) in [5.41, 5.74) is 8.96. The van der Waals surface area contributed by atoms with Gasteiger partial charge in [-0.05, 0) is 46.0 Å². The summed E-state index contributed by atoms with van der Waals surface area (Å²) in [5.74, 6) is 0.677. The highest BCUT2D eigenvalue weighted by atomic mass is 19.3. The Balaban J connectivity index is 0.000000243. The van der Waals surface area contributed by atoms with Crippen molar-refractivity contribution >= 4 is 22.6 Å². The smallest absolute Gasteiger partial charge is 0.256 e. The number of anilines is 1. The zero-order valence-corrected chi connectivity index (χ0v) is 19.2. The second-order valence-corrected chi connectivity index (χ2v) is 8.66. The molecule has 0 spiro atoms. The van der Waals surface area contributed by atoms with E-state index in [0.717, 1.165) is 22.7 Å². The number of alkyl halides is 2. The number of imidazole rings is 1. The van der Waals surface area contributed by atoms with Crippen LogP contribution in [0.4, 0.5) is 14.7 Å². The van der Waals surface area contributed by atoms with Gasteiger partial charge in [0.1, 0.15) is 5.82 Å². The molecule has 1 aliphatic rings. The van der Waals surface area contributed by atoms with Crippen molar-refractivity contribution in [2.45, 2.75) is 58.0 Å². The predicted molar refractivity (Wildman–Crippen MR) is 125 cm³/mol. The first-order valence-electron chi connectivity index (χ1n) is 11.2. The topological polar surface area (TPSA) is 90.2 Å². The van der Waals surface area contributed by atoms with Crippen molar-refractivity contribution in [2.75, 3.05) is 19.8 Å². The van der Waals surface area contributed by atoms with E-state index < -0.39 is 13.0 Å². The van der Waals surface area contributed by atoms with Gasteiger partial charge in [-0.2, -0.15) is 0 Å². The number of fused-ring (bicyclic) bond motifs is 2. The van der Waals surface area contributed by atoms with Crippen molar-refractivity contribution in [3.05, 3.63) is 36.5 Å². The molecule has 0 radical (unpaired) electrons. The van der Waals surface area contributed by atoms with Crippen LogP contribution in [-0.4, -0.2) is 60.6 Å². The van der Waals surface area contributed by atoms with Crippen LogP contribution in [-0.2, 0) is 6.54 Å². The summed E-state index contributed by atoms with van der Waals surface area (Å²) in [6, 6.07) is 4.54. The minimum absolute atomic E-state index is 0.170. The molecular weight excluding hydrogens is 426 g/mol. The molecule has 0 saturated heterocycles. The SMILES string of the molecule is CN(C)C1CCCCC1.Cc1nc2ncc(-c3ccn4nc(N)ncc34)cc2n1CC(F)F. The number of halogens is 2. The van der Waals surface area contributed by atoms with Crippen LogP contribution in [0.25, 0.3) is 27.8 Å². The average Bonchev–Trinajstić information content (AvgIpc) is 3.34. The number of aromatic nitrogens is 6. The van der Waals surface area contributed by atoms with Crippen LogP contribution in [0.15, 0.2) is 30.7 Å². The number of nitrogens with two attached hydrogens (primary N) is 1. The van der Waals surface area contributed by atoms with Gasteiger partial charge in [0.05, 0.1) is 23.8 Å². The van der Waals surface area contributed by atoms with Crippen molar-refractivity contribution in [3.8, 4) is 11.1 Å². The van der Waals surface area contributed by atoms with Gasteiger partial charge in [-0.25, -0.2) is 28.2 Å². The summed E-state index contributed by atoms with van der Waals surface area (Å²) < 4.78 is 28.7. The first-order valence-corrected chi connectivity index (χ1v) is 11.2. The van der Waals surface area contributed by atoms with Crippen molar-refractivity contribution in [3.63, 3.8) is 0 Å². The number of aryl methyl sites for hydroxylation is 1. The van der Waals surface area contributed by atoms with Gasteiger partial charge < -0.3 is 15.2 Å². The Hall–Kier alpha value is -3.14. The standard InChI is InChI=1S/C15H13F2N7.C8H17N/c1-8-21-14-11(23(8)7-13(16)17)4-9(5-19-14)10-2-3-24-12(10)6-20-15(18)22-24;1-9(2)8-6-4-3-5-7-8/h2-6,13H,7H2,1H3,(H2,18,22);8H,3-7H2,1-2H3. The number of pyridine rings is 1. The molecular formula is C23H30F2N8. The van der Waals surface area contributed by atoms with Gasteiger partial charge in [0, 0.05) is 29.6 Å². The van der Waals surface area contributed by atoms with E-state index >= 15 is 0 Å². The number of hydrogen-bond donors (Lipinski definition) is 1. The lowest BCUT2D eigenvalue weighted by Gasteiger charge is -2.27. The molecule has 10 heteroatoms. The summed E-state index contributed by atoms with van der Waals surface area (Å²) in [6.07, 6.45) is 9.78. The lowest BCUT2D eigenvalue weighted by molar-refractivity contribution is 0.127. The van der Waals surface area contributed by atoms with Crippen molar-refractivity contribution < 1.29 is 8.78 Å². The molecule has 176 valence electrons. The van der Waals surface area contributed by atoms with Crippen LogP contribution in [0.1, 0.15) is 37.9 Å². The molecule has 1 fully saturated rings. The van der Waals surface area contributed by atoms with Crippen LogP contribution in [0, 0.1) is 6.92 Å². The second kappa shape index (κ2) is 9.78. The predicted octanol–water partition coefficient (Wildman–Crippen LogP) is 4.18. The summed E-state index contributed by atoms with van der Waals surface area (Å²) in [6.45, 7) is 1.28. The zero-order valence-electron chi connectivity index (χ0n) is 19.2. The maximum absolute atomic E-state index is 12.8. The molecule has 2 N–H and O–H groups in total. The van der Waals surface area contributed by atoms with Crippen LogP contribution >= 0.6 is 0 Å². The molecule has 0 aromatic carbocycles. The van der Waals surface area contributed by atoms with Gasteiger partial charge in [-0.1, -0.05) is 19.3 Å². The van der Waals surface area contributed by atoms with Crippen molar-refractivity contribution in [1.82, 2.24) is 34.0 Å². The van der Waals surface area contributed by atoms with Gasteiger partial charge in [0.2, 0.25) is 5.95 Å². The Morgan fingerprint density at radius 2 is 1.88 bits per heavy atom. The maximum atomic E-state index is 12.8. The van der Waals surface area contributed by atoms with E-state index in [1.807, 2.05) is 6.07 Å². The molecule has 1 aliphatic carbocycles. The fraction of sp³-hybridized carbons (Fsp3) is 0.478. The number of rotatable bonds is 4. The second-order valence-electron chi connectivity index (χ2n) is 8.66. The minimum atomic E-state index is -2.46. The molecule has 8 nitrogen and oxygen atoms in total. The first kappa shape index (κ1) is 23.0. The van der Waals surface area contributed by atoms with E-state index in [-0.39, 0.29) is 5.95 Å². The Morgan fingerprint density at radius 1 is 1.12 bits per heavy atom. The van der Waals surface area contributed by atoms with Gasteiger partial charge >= 0.3 is 0 Å². The number of nitrogens with zero attached hydrogens (tertiary/aromatic N) is 7. The highest BCUT2D eigenvalue weighted by Gasteiger charge is 2.16. The van der Waals surface area contributed by atoms with E-state index in [4.69, 9.17) is 5.73 Å². The summed E-state index contributed by atoms with van der Waals surface area (Å²) in [4.78, 5) is 14.9. The molecule has 0 bridgehead atoms. The summed E-state index contributed by atoms with van der Waals surface area (Å²) >= 11 is 0. The molecule has 4 heterocycles. The van der Waals surface area contributed by atoms with Gasteiger partial charge in [0.15, 0.2) is 5.65 Å². The highest BCUT2D eigenvalue weighted by molar-refractivity contribution is 5.85.